The minimum Gasteiger partial charge on any atom is -0.344 e. The van der Waals surface area contributed by atoms with E-state index < -0.39 is 5.54 Å². The van der Waals surface area contributed by atoms with Crippen molar-refractivity contribution < 1.29 is 9.59 Å². The van der Waals surface area contributed by atoms with Crippen molar-refractivity contribution in [3.8, 4) is 0 Å². The van der Waals surface area contributed by atoms with Crippen LogP contribution in [0.25, 0.3) is 0 Å². The first-order valence-electron chi connectivity index (χ1n) is 9.73. The standard InChI is InChI=1S/C22H26N4O2/c1-25(2)13-18-14-26(21(28)17-8-11-23-12-9-17)15-22(18)10-7-16-5-3-4-6-19(16)20(27)24-22/h3-6,8-9,11-12,18H,7,10,13-15H2,1-2H3,(H,24,27)/t18-,22-/m1/s1. The summed E-state index contributed by atoms with van der Waals surface area (Å²) >= 11 is 0. The van der Waals surface area contributed by atoms with Gasteiger partial charge in [-0.2, -0.15) is 0 Å². The zero-order valence-corrected chi connectivity index (χ0v) is 16.4. The lowest BCUT2D eigenvalue weighted by atomic mass is 9.82. The van der Waals surface area contributed by atoms with Gasteiger partial charge < -0.3 is 15.1 Å². The van der Waals surface area contributed by atoms with Crippen molar-refractivity contribution in [2.45, 2.75) is 18.4 Å². The first kappa shape index (κ1) is 18.6. The summed E-state index contributed by atoms with van der Waals surface area (Å²) in [4.78, 5) is 34.1. The molecule has 4 rings (SSSR count). The van der Waals surface area contributed by atoms with E-state index in [-0.39, 0.29) is 17.7 Å². The van der Waals surface area contributed by atoms with Gasteiger partial charge in [0.25, 0.3) is 11.8 Å². The highest BCUT2D eigenvalue weighted by atomic mass is 16.2. The van der Waals surface area contributed by atoms with Gasteiger partial charge in [0.1, 0.15) is 0 Å². The zero-order valence-electron chi connectivity index (χ0n) is 16.4. The number of fused-ring (bicyclic) bond motifs is 1. The Hall–Kier alpha value is -2.73. The summed E-state index contributed by atoms with van der Waals surface area (Å²) in [6.07, 6.45) is 4.94. The molecule has 28 heavy (non-hydrogen) atoms. The average Bonchev–Trinajstić information content (AvgIpc) is 2.96. The van der Waals surface area contributed by atoms with Gasteiger partial charge in [0, 0.05) is 49.1 Å². The van der Waals surface area contributed by atoms with Crippen LogP contribution < -0.4 is 5.32 Å². The SMILES string of the molecule is CN(C)C[C@@H]1CN(C(=O)c2ccncc2)C[C@]12CCc1ccccc1C(=O)N2. The lowest BCUT2D eigenvalue weighted by Gasteiger charge is -2.35. The molecule has 1 saturated heterocycles. The molecule has 6 nitrogen and oxygen atoms in total. The van der Waals surface area contributed by atoms with E-state index in [0.29, 0.717) is 18.7 Å². The molecular formula is C22H26N4O2. The first-order valence-corrected chi connectivity index (χ1v) is 9.73. The van der Waals surface area contributed by atoms with Gasteiger partial charge in [0.2, 0.25) is 0 Å². The molecule has 0 unspecified atom stereocenters. The molecule has 0 radical (unpaired) electrons. The third-order valence-corrected chi connectivity index (χ3v) is 5.96. The molecule has 2 aromatic rings. The van der Waals surface area contributed by atoms with Crippen LogP contribution in [0.4, 0.5) is 0 Å². The largest absolute Gasteiger partial charge is 0.344 e. The van der Waals surface area contributed by atoms with Crippen LogP contribution in [-0.2, 0) is 6.42 Å². The second kappa shape index (κ2) is 7.36. The van der Waals surface area contributed by atoms with E-state index in [9.17, 15) is 9.59 Å². The van der Waals surface area contributed by atoms with Crippen molar-refractivity contribution in [1.82, 2.24) is 20.1 Å². The Morgan fingerprint density at radius 3 is 2.75 bits per heavy atom. The van der Waals surface area contributed by atoms with Crippen LogP contribution in [0.15, 0.2) is 48.8 Å². The fourth-order valence-corrected chi connectivity index (χ4v) is 4.58. The van der Waals surface area contributed by atoms with Crippen molar-refractivity contribution >= 4 is 11.8 Å². The number of aromatic nitrogens is 1. The maximum atomic E-state index is 13.1. The van der Waals surface area contributed by atoms with Gasteiger partial charge in [-0.25, -0.2) is 0 Å². The zero-order chi connectivity index (χ0) is 19.7. The number of amides is 2. The van der Waals surface area contributed by atoms with E-state index in [1.807, 2.05) is 43.3 Å². The van der Waals surface area contributed by atoms with Crippen molar-refractivity contribution in [2.24, 2.45) is 5.92 Å². The molecule has 2 aliphatic rings. The van der Waals surface area contributed by atoms with Crippen LogP contribution in [0.1, 0.15) is 32.7 Å². The van der Waals surface area contributed by atoms with Gasteiger partial charge in [-0.1, -0.05) is 18.2 Å². The number of rotatable bonds is 3. The number of aryl methyl sites for hydroxylation is 1. The number of nitrogens with one attached hydrogen (secondary N) is 1. The van der Waals surface area contributed by atoms with Crippen molar-refractivity contribution in [3.63, 3.8) is 0 Å². The molecule has 2 amide bonds. The van der Waals surface area contributed by atoms with Gasteiger partial charge in [-0.15, -0.1) is 0 Å². The minimum absolute atomic E-state index is 0.000888. The molecule has 3 heterocycles. The molecule has 146 valence electrons. The van der Waals surface area contributed by atoms with Crippen LogP contribution in [0, 0.1) is 5.92 Å². The Bertz CT molecular complexity index is 883. The lowest BCUT2D eigenvalue weighted by Crippen LogP contribution is -2.55. The van der Waals surface area contributed by atoms with Crippen LogP contribution in [0.5, 0.6) is 0 Å². The molecule has 0 saturated carbocycles. The Kier molecular flexibility index (Phi) is 4.89. The molecule has 6 heteroatoms. The Labute approximate surface area is 165 Å². The molecule has 1 N–H and O–H groups in total. The summed E-state index contributed by atoms with van der Waals surface area (Å²) < 4.78 is 0. The van der Waals surface area contributed by atoms with Crippen LogP contribution in [0.2, 0.25) is 0 Å². The second-order valence-electron chi connectivity index (χ2n) is 8.15. The molecule has 1 aromatic carbocycles. The first-order chi connectivity index (χ1) is 13.5. The highest BCUT2D eigenvalue weighted by molar-refractivity contribution is 5.97. The number of carbonyl (C=O) groups is 2. The molecule has 2 atom stereocenters. The summed E-state index contributed by atoms with van der Waals surface area (Å²) in [5.74, 6) is 0.139. The lowest BCUT2D eigenvalue weighted by molar-refractivity contribution is 0.0764. The highest BCUT2D eigenvalue weighted by Gasteiger charge is 2.49. The number of pyridine rings is 1. The molecule has 1 spiro atoms. The van der Waals surface area contributed by atoms with E-state index in [4.69, 9.17) is 0 Å². The smallest absolute Gasteiger partial charge is 0.254 e. The maximum absolute atomic E-state index is 13.1. The Morgan fingerprint density at radius 1 is 1.25 bits per heavy atom. The van der Waals surface area contributed by atoms with E-state index in [1.165, 1.54) is 0 Å². The molecular weight excluding hydrogens is 352 g/mol. The third-order valence-electron chi connectivity index (χ3n) is 5.96. The fourth-order valence-electron chi connectivity index (χ4n) is 4.58. The molecule has 2 aliphatic heterocycles. The number of hydrogen-bond acceptors (Lipinski definition) is 4. The molecule has 1 fully saturated rings. The van der Waals surface area contributed by atoms with E-state index in [1.54, 1.807) is 24.5 Å². The summed E-state index contributed by atoms with van der Waals surface area (Å²) in [7, 11) is 4.07. The third kappa shape index (κ3) is 3.40. The van der Waals surface area contributed by atoms with E-state index in [0.717, 1.165) is 30.5 Å². The van der Waals surface area contributed by atoms with Crippen LogP contribution in [-0.4, -0.2) is 65.9 Å². The van der Waals surface area contributed by atoms with Gasteiger partial charge in [0.15, 0.2) is 0 Å². The molecule has 1 aromatic heterocycles. The minimum atomic E-state index is -0.414. The summed E-state index contributed by atoms with van der Waals surface area (Å²) in [5.41, 5.74) is 2.06. The van der Waals surface area contributed by atoms with Gasteiger partial charge in [0.05, 0.1) is 5.54 Å². The number of carbonyl (C=O) groups excluding carboxylic acids is 2. The highest BCUT2D eigenvalue weighted by Crippen LogP contribution is 2.36. The molecule has 0 aliphatic carbocycles. The molecule has 0 bridgehead atoms. The summed E-state index contributed by atoms with van der Waals surface area (Å²) in [6.45, 7) is 1.99. The van der Waals surface area contributed by atoms with Gasteiger partial charge in [-0.3, -0.25) is 14.6 Å². The normalized spacial score (nSPS) is 24.2. The predicted molar refractivity (Wildman–Crippen MR) is 107 cm³/mol. The number of benzene rings is 1. The number of hydrogen-bond donors (Lipinski definition) is 1. The summed E-state index contributed by atoms with van der Waals surface area (Å²) in [5, 5.41) is 3.33. The quantitative estimate of drug-likeness (QED) is 0.885. The van der Waals surface area contributed by atoms with Crippen LogP contribution in [0.3, 0.4) is 0 Å². The topological polar surface area (TPSA) is 65.5 Å². The second-order valence-corrected chi connectivity index (χ2v) is 8.15. The predicted octanol–water partition coefficient (Wildman–Crippen LogP) is 1.83. The van der Waals surface area contributed by atoms with Gasteiger partial charge in [-0.05, 0) is 50.7 Å². The Morgan fingerprint density at radius 2 is 2.00 bits per heavy atom. The Balaban J connectivity index is 1.64. The fraction of sp³-hybridized carbons (Fsp3) is 0.409. The van der Waals surface area contributed by atoms with E-state index in [2.05, 4.69) is 15.2 Å². The maximum Gasteiger partial charge on any atom is 0.254 e. The average molecular weight is 378 g/mol. The van der Waals surface area contributed by atoms with E-state index >= 15 is 0 Å². The number of likely N-dealkylation sites (tertiary alicyclic amines) is 1. The van der Waals surface area contributed by atoms with Gasteiger partial charge >= 0.3 is 0 Å². The van der Waals surface area contributed by atoms with Crippen molar-refractivity contribution in [1.29, 1.82) is 0 Å². The number of nitrogens with zero attached hydrogens (tertiary/aromatic N) is 3. The van der Waals surface area contributed by atoms with Crippen molar-refractivity contribution in [2.75, 3.05) is 33.7 Å². The summed E-state index contributed by atoms with van der Waals surface area (Å²) in [6, 6.07) is 11.3. The van der Waals surface area contributed by atoms with Crippen LogP contribution >= 0.6 is 0 Å². The monoisotopic (exact) mass is 378 g/mol. The van der Waals surface area contributed by atoms with Crippen molar-refractivity contribution in [3.05, 3.63) is 65.5 Å².